The fraction of sp³-hybridized carbons (Fsp3) is 0.458. The van der Waals surface area contributed by atoms with Gasteiger partial charge in [0.1, 0.15) is 5.56 Å². The number of rotatable bonds is 6. The molecule has 1 aromatic carbocycles. The SMILES string of the molecule is CC(C)Cc1ccc([C@H](NC(=O)c2cc3c([nH]c2=O)CCCC3=O)C(C)C)cc1. The number of aryl methyl sites for hydroxylation is 1. The Labute approximate surface area is 171 Å². The molecule has 0 saturated heterocycles. The molecule has 1 aliphatic carbocycles. The summed E-state index contributed by atoms with van der Waals surface area (Å²) in [7, 11) is 0. The zero-order chi connectivity index (χ0) is 21.1. The summed E-state index contributed by atoms with van der Waals surface area (Å²) in [6.07, 6.45) is 2.86. The molecular formula is C24H30N2O3. The maximum absolute atomic E-state index is 12.9. The Morgan fingerprint density at radius 1 is 1.07 bits per heavy atom. The number of aromatic amines is 1. The molecule has 0 aliphatic heterocycles. The second kappa shape index (κ2) is 8.76. The normalized spacial score (nSPS) is 14.8. The number of Topliss-reactive ketones (excluding diaryl/α,β-unsaturated/α-hetero) is 1. The minimum absolute atomic E-state index is 0.000998. The van der Waals surface area contributed by atoms with E-state index in [1.165, 1.54) is 11.6 Å². The molecule has 2 aromatic rings. The number of nitrogens with one attached hydrogen (secondary N) is 2. The molecule has 29 heavy (non-hydrogen) atoms. The van der Waals surface area contributed by atoms with Crippen LogP contribution in [-0.2, 0) is 12.8 Å². The smallest absolute Gasteiger partial charge is 0.261 e. The van der Waals surface area contributed by atoms with Crippen LogP contribution in [0.15, 0.2) is 35.1 Å². The third-order valence-corrected chi connectivity index (χ3v) is 5.43. The summed E-state index contributed by atoms with van der Waals surface area (Å²) in [5.74, 6) is 0.267. The summed E-state index contributed by atoms with van der Waals surface area (Å²) >= 11 is 0. The summed E-state index contributed by atoms with van der Waals surface area (Å²) in [5.41, 5.74) is 2.95. The van der Waals surface area contributed by atoms with Gasteiger partial charge in [-0.1, -0.05) is 52.0 Å². The van der Waals surface area contributed by atoms with Gasteiger partial charge in [-0.15, -0.1) is 0 Å². The topological polar surface area (TPSA) is 79.0 Å². The monoisotopic (exact) mass is 394 g/mol. The standard InChI is InChI=1S/C24H30N2O3/c1-14(2)12-16-8-10-17(11-9-16)22(15(3)4)26-24(29)19-13-18-20(25-23(19)28)6-5-7-21(18)27/h8-11,13-15,22H,5-7,12H2,1-4H3,(H,25,28)(H,26,29)/t22-/m1/s1. The first-order chi connectivity index (χ1) is 13.8. The Hall–Kier alpha value is -2.69. The number of H-pyrrole nitrogens is 1. The first-order valence-electron chi connectivity index (χ1n) is 10.5. The molecule has 154 valence electrons. The lowest BCUT2D eigenvalue weighted by Gasteiger charge is -2.23. The molecule has 3 rings (SSSR count). The Bertz CT molecular complexity index is 955. The van der Waals surface area contributed by atoms with Crippen molar-refractivity contribution in [2.24, 2.45) is 11.8 Å². The van der Waals surface area contributed by atoms with Crippen molar-refractivity contribution in [2.45, 2.75) is 59.4 Å². The van der Waals surface area contributed by atoms with Gasteiger partial charge in [-0.25, -0.2) is 0 Å². The molecule has 0 spiro atoms. The minimum Gasteiger partial charge on any atom is -0.345 e. The first kappa shape index (κ1) is 21.0. The highest BCUT2D eigenvalue weighted by Crippen LogP contribution is 2.24. The second-order valence-electron chi connectivity index (χ2n) is 8.72. The molecule has 0 fully saturated rings. The molecule has 1 aliphatic rings. The van der Waals surface area contributed by atoms with Gasteiger partial charge in [-0.05, 0) is 48.3 Å². The van der Waals surface area contributed by atoms with Gasteiger partial charge in [-0.2, -0.15) is 0 Å². The maximum atomic E-state index is 12.9. The number of carbonyl (C=O) groups excluding carboxylic acids is 2. The summed E-state index contributed by atoms with van der Waals surface area (Å²) < 4.78 is 0. The van der Waals surface area contributed by atoms with Crippen LogP contribution < -0.4 is 10.9 Å². The number of benzene rings is 1. The summed E-state index contributed by atoms with van der Waals surface area (Å²) in [4.78, 5) is 40.3. The number of fused-ring (bicyclic) bond motifs is 1. The molecule has 5 nitrogen and oxygen atoms in total. The van der Waals surface area contributed by atoms with Crippen LogP contribution in [0.4, 0.5) is 0 Å². The van der Waals surface area contributed by atoms with Crippen molar-refractivity contribution in [3.8, 4) is 0 Å². The molecule has 2 N–H and O–H groups in total. The van der Waals surface area contributed by atoms with Crippen LogP contribution in [0.25, 0.3) is 0 Å². The Balaban J connectivity index is 1.84. The van der Waals surface area contributed by atoms with E-state index in [1.807, 2.05) is 26.0 Å². The van der Waals surface area contributed by atoms with Crippen LogP contribution in [0.2, 0.25) is 0 Å². The van der Waals surface area contributed by atoms with Crippen LogP contribution in [-0.4, -0.2) is 16.7 Å². The van der Waals surface area contributed by atoms with Crippen molar-refractivity contribution in [3.63, 3.8) is 0 Å². The number of ketones is 1. The highest BCUT2D eigenvalue weighted by molar-refractivity contribution is 6.01. The summed E-state index contributed by atoms with van der Waals surface area (Å²) in [5, 5.41) is 3.00. The molecule has 0 radical (unpaired) electrons. The first-order valence-corrected chi connectivity index (χ1v) is 10.5. The van der Waals surface area contributed by atoms with Crippen molar-refractivity contribution < 1.29 is 9.59 Å². The van der Waals surface area contributed by atoms with E-state index in [0.717, 1.165) is 18.4 Å². The quantitative estimate of drug-likeness (QED) is 0.770. The fourth-order valence-corrected chi connectivity index (χ4v) is 3.93. The largest absolute Gasteiger partial charge is 0.345 e. The van der Waals surface area contributed by atoms with E-state index >= 15 is 0 Å². The van der Waals surface area contributed by atoms with E-state index in [9.17, 15) is 14.4 Å². The van der Waals surface area contributed by atoms with Gasteiger partial charge < -0.3 is 10.3 Å². The van der Waals surface area contributed by atoms with E-state index in [0.29, 0.717) is 30.0 Å². The lowest BCUT2D eigenvalue weighted by atomic mass is 9.92. The van der Waals surface area contributed by atoms with E-state index in [4.69, 9.17) is 0 Å². The molecule has 1 amide bonds. The number of carbonyl (C=O) groups is 2. The van der Waals surface area contributed by atoms with E-state index < -0.39 is 11.5 Å². The molecule has 1 atom stereocenters. The number of hydrogen-bond acceptors (Lipinski definition) is 3. The zero-order valence-corrected chi connectivity index (χ0v) is 17.7. The fourth-order valence-electron chi connectivity index (χ4n) is 3.93. The lowest BCUT2D eigenvalue weighted by molar-refractivity contribution is 0.0924. The van der Waals surface area contributed by atoms with Gasteiger partial charge in [0.2, 0.25) is 0 Å². The predicted molar refractivity (Wildman–Crippen MR) is 114 cm³/mol. The predicted octanol–water partition coefficient (Wildman–Crippen LogP) is 4.22. The van der Waals surface area contributed by atoms with Gasteiger partial charge in [0, 0.05) is 17.7 Å². The molecule has 1 heterocycles. The van der Waals surface area contributed by atoms with Crippen molar-refractivity contribution in [2.75, 3.05) is 0 Å². The second-order valence-corrected chi connectivity index (χ2v) is 8.72. The average Bonchev–Trinajstić information content (AvgIpc) is 2.66. The maximum Gasteiger partial charge on any atom is 0.261 e. The zero-order valence-electron chi connectivity index (χ0n) is 17.7. The van der Waals surface area contributed by atoms with E-state index in [2.05, 4.69) is 36.3 Å². The van der Waals surface area contributed by atoms with Crippen LogP contribution in [0.3, 0.4) is 0 Å². The summed E-state index contributed by atoms with van der Waals surface area (Å²) in [6.45, 7) is 8.44. The highest BCUT2D eigenvalue weighted by atomic mass is 16.2. The van der Waals surface area contributed by atoms with Gasteiger partial charge in [0.25, 0.3) is 11.5 Å². The Morgan fingerprint density at radius 3 is 2.38 bits per heavy atom. The Kier molecular flexibility index (Phi) is 6.36. The molecule has 1 aromatic heterocycles. The van der Waals surface area contributed by atoms with Crippen molar-refractivity contribution in [1.29, 1.82) is 0 Å². The van der Waals surface area contributed by atoms with Crippen molar-refractivity contribution in [3.05, 3.63) is 68.6 Å². The molecule has 0 bridgehead atoms. The van der Waals surface area contributed by atoms with Gasteiger partial charge in [-0.3, -0.25) is 14.4 Å². The molecule has 0 saturated carbocycles. The molecular weight excluding hydrogens is 364 g/mol. The van der Waals surface area contributed by atoms with Gasteiger partial charge >= 0.3 is 0 Å². The van der Waals surface area contributed by atoms with Crippen LogP contribution in [0.5, 0.6) is 0 Å². The van der Waals surface area contributed by atoms with Crippen LogP contribution in [0.1, 0.15) is 84.1 Å². The molecule has 0 unspecified atom stereocenters. The molecule has 5 heteroatoms. The number of pyridine rings is 1. The van der Waals surface area contributed by atoms with Gasteiger partial charge in [0.05, 0.1) is 6.04 Å². The highest BCUT2D eigenvalue weighted by Gasteiger charge is 2.24. The van der Waals surface area contributed by atoms with Crippen LogP contribution in [0, 0.1) is 11.8 Å². The Morgan fingerprint density at radius 2 is 1.76 bits per heavy atom. The lowest BCUT2D eigenvalue weighted by Crippen LogP contribution is -2.36. The summed E-state index contributed by atoms with van der Waals surface area (Å²) in [6, 6.07) is 9.53. The third-order valence-electron chi connectivity index (χ3n) is 5.43. The third kappa shape index (κ3) is 4.84. The number of aromatic nitrogens is 1. The number of hydrogen-bond donors (Lipinski definition) is 2. The van der Waals surface area contributed by atoms with Crippen molar-refractivity contribution >= 4 is 11.7 Å². The van der Waals surface area contributed by atoms with Crippen LogP contribution >= 0.6 is 0 Å². The van der Waals surface area contributed by atoms with E-state index in [1.54, 1.807) is 0 Å². The average molecular weight is 395 g/mol. The van der Waals surface area contributed by atoms with Gasteiger partial charge in [0.15, 0.2) is 5.78 Å². The minimum atomic E-state index is -0.447. The van der Waals surface area contributed by atoms with Crippen molar-refractivity contribution in [1.82, 2.24) is 10.3 Å². The van der Waals surface area contributed by atoms with E-state index in [-0.39, 0.29) is 23.3 Å². The number of amides is 1.